The van der Waals surface area contributed by atoms with Gasteiger partial charge in [-0.15, -0.1) is 0 Å². The molecule has 2 heterocycles. The zero-order valence-corrected chi connectivity index (χ0v) is 15.9. The van der Waals surface area contributed by atoms with E-state index in [1.807, 2.05) is 47.7 Å². The summed E-state index contributed by atoms with van der Waals surface area (Å²) in [5.41, 5.74) is 0.787. The van der Waals surface area contributed by atoms with E-state index in [1.54, 1.807) is 6.33 Å². The minimum Gasteiger partial charge on any atom is -0.491 e. The van der Waals surface area contributed by atoms with Crippen LogP contribution in [0.3, 0.4) is 0 Å². The first-order valence-electron chi connectivity index (χ1n) is 9.31. The average Bonchev–Trinajstić information content (AvgIpc) is 3.15. The number of aliphatic carboxylic acids is 1. The zero-order valence-electron chi connectivity index (χ0n) is 15.9. The highest BCUT2D eigenvalue weighted by Crippen LogP contribution is 2.25. The van der Waals surface area contributed by atoms with Crippen LogP contribution in [-0.4, -0.2) is 74.5 Å². The molecule has 27 heavy (non-hydrogen) atoms. The van der Waals surface area contributed by atoms with E-state index in [1.165, 1.54) is 6.33 Å². The summed E-state index contributed by atoms with van der Waals surface area (Å²) in [5.74, 6) is -0.0561. The molecular weight excluding hydrogens is 346 g/mol. The minimum absolute atomic E-state index is 0.0942. The van der Waals surface area contributed by atoms with Crippen LogP contribution in [0.1, 0.15) is 25.5 Å². The first-order valence-corrected chi connectivity index (χ1v) is 9.31. The fourth-order valence-corrected chi connectivity index (χ4v) is 3.35. The third kappa shape index (κ3) is 5.27. The molecule has 1 saturated heterocycles. The van der Waals surface area contributed by atoms with Crippen molar-refractivity contribution in [3.63, 3.8) is 0 Å². The Hall–Kier alpha value is -2.45. The molecule has 0 radical (unpaired) electrons. The number of piperazine rings is 1. The average molecular weight is 373 g/mol. The highest BCUT2D eigenvalue weighted by Gasteiger charge is 2.30. The smallest absolute Gasteiger partial charge is 0.325 e. The number of carbonyl (C=O) groups is 1. The topological polar surface area (TPSA) is 83.7 Å². The number of rotatable bonds is 8. The van der Waals surface area contributed by atoms with Gasteiger partial charge in [0.15, 0.2) is 0 Å². The maximum absolute atomic E-state index is 11.9. The van der Waals surface area contributed by atoms with E-state index in [4.69, 9.17) is 4.74 Å². The molecule has 1 aliphatic rings. The van der Waals surface area contributed by atoms with Crippen molar-refractivity contribution in [1.82, 2.24) is 24.6 Å². The summed E-state index contributed by atoms with van der Waals surface area (Å²) >= 11 is 0. The first-order chi connectivity index (χ1) is 13.0. The van der Waals surface area contributed by atoms with Gasteiger partial charge in [0.2, 0.25) is 0 Å². The lowest BCUT2D eigenvalue weighted by Crippen LogP contribution is -2.49. The van der Waals surface area contributed by atoms with Crippen molar-refractivity contribution in [2.75, 3.05) is 32.7 Å². The predicted molar refractivity (Wildman–Crippen MR) is 101 cm³/mol. The number of nitrogens with zero attached hydrogens (tertiary/aromatic N) is 5. The van der Waals surface area contributed by atoms with Crippen LogP contribution in [0.15, 0.2) is 36.9 Å². The summed E-state index contributed by atoms with van der Waals surface area (Å²) in [4.78, 5) is 20.2. The van der Waals surface area contributed by atoms with Crippen molar-refractivity contribution in [2.24, 2.45) is 0 Å². The molecule has 146 valence electrons. The van der Waals surface area contributed by atoms with Gasteiger partial charge in [0, 0.05) is 32.7 Å². The number of aromatic nitrogens is 3. The molecule has 0 spiro atoms. The van der Waals surface area contributed by atoms with E-state index in [2.05, 4.69) is 15.0 Å². The molecular formula is C19H27N5O3. The third-order valence-corrected chi connectivity index (χ3v) is 4.69. The second kappa shape index (κ2) is 8.96. The molecule has 2 aromatic rings. The molecule has 0 aliphatic carbocycles. The second-order valence-electron chi connectivity index (χ2n) is 7.01. The van der Waals surface area contributed by atoms with Crippen LogP contribution in [0.25, 0.3) is 0 Å². The lowest BCUT2D eigenvalue weighted by molar-refractivity contribution is -0.144. The molecule has 0 bridgehead atoms. The Balaban J connectivity index is 1.57. The largest absolute Gasteiger partial charge is 0.491 e. The molecule has 0 amide bonds. The van der Waals surface area contributed by atoms with Crippen LogP contribution in [0, 0.1) is 0 Å². The second-order valence-corrected chi connectivity index (χ2v) is 7.01. The van der Waals surface area contributed by atoms with E-state index in [0.29, 0.717) is 0 Å². The van der Waals surface area contributed by atoms with Crippen LogP contribution in [-0.2, 0) is 11.3 Å². The molecule has 1 atom stereocenters. The van der Waals surface area contributed by atoms with Gasteiger partial charge < -0.3 is 9.84 Å². The number of carboxylic acid groups (broad SMARTS) is 1. The van der Waals surface area contributed by atoms with Crippen molar-refractivity contribution >= 4 is 5.97 Å². The minimum atomic E-state index is -0.816. The van der Waals surface area contributed by atoms with Gasteiger partial charge in [0.25, 0.3) is 0 Å². The third-order valence-electron chi connectivity index (χ3n) is 4.69. The summed E-state index contributed by atoms with van der Waals surface area (Å²) in [6, 6.07) is 6.77. The molecule has 0 saturated carbocycles. The maximum Gasteiger partial charge on any atom is 0.325 e. The quantitative estimate of drug-likeness (QED) is 0.751. The Morgan fingerprint density at radius 3 is 2.41 bits per heavy atom. The van der Waals surface area contributed by atoms with E-state index in [0.717, 1.165) is 50.6 Å². The molecule has 1 unspecified atom stereocenters. The van der Waals surface area contributed by atoms with Crippen molar-refractivity contribution in [3.8, 4) is 5.75 Å². The van der Waals surface area contributed by atoms with Crippen molar-refractivity contribution < 1.29 is 14.6 Å². The molecule has 3 rings (SSSR count). The highest BCUT2D eigenvalue weighted by molar-refractivity contribution is 5.75. The zero-order chi connectivity index (χ0) is 19.2. The van der Waals surface area contributed by atoms with Gasteiger partial charge in [-0.05, 0) is 31.5 Å². The summed E-state index contributed by atoms with van der Waals surface area (Å²) in [5, 5.41) is 13.9. The van der Waals surface area contributed by atoms with E-state index >= 15 is 0 Å². The molecule has 8 heteroatoms. The van der Waals surface area contributed by atoms with Crippen LogP contribution in [0.2, 0.25) is 0 Å². The monoisotopic (exact) mass is 373 g/mol. The Labute approximate surface area is 159 Å². The Kier molecular flexibility index (Phi) is 6.41. The maximum atomic E-state index is 11.9. The van der Waals surface area contributed by atoms with Gasteiger partial charge in [-0.25, -0.2) is 4.98 Å². The number of ether oxygens (including phenoxy) is 1. The Morgan fingerprint density at radius 1 is 1.15 bits per heavy atom. The SMILES string of the molecule is CC(C)Oc1ccc(C(C(=O)O)N2CCN(CCn3cncn3)CC2)cc1. The Morgan fingerprint density at radius 2 is 1.85 bits per heavy atom. The van der Waals surface area contributed by atoms with Gasteiger partial charge in [-0.1, -0.05) is 12.1 Å². The Bertz CT molecular complexity index is 709. The molecule has 1 fully saturated rings. The number of hydrogen-bond acceptors (Lipinski definition) is 6. The molecule has 1 N–H and O–H groups in total. The summed E-state index contributed by atoms with van der Waals surface area (Å²) in [6.45, 7) is 8.74. The molecule has 1 aliphatic heterocycles. The van der Waals surface area contributed by atoms with Gasteiger partial charge in [0.1, 0.15) is 24.4 Å². The molecule has 8 nitrogen and oxygen atoms in total. The van der Waals surface area contributed by atoms with E-state index in [-0.39, 0.29) is 6.10 Å². The first kappa shape index (κ1) is 19.3. The van der Waals surface area contributed by atoms with Crippen molar-refractivity contribution in [3.05, 3.63) is 42.5 Å². The lowest BCUT2D eigenvalue weighted by atomic mass is 10.0. The fraction of sp³-hybridized carbons (Fsp3) is 0.526. The van der Waals surface area contributed by atoms with E-state index < -0.39 is 12.0 Å². The van der Waals surface area contributed by atoms with Crippen LogP contribution in [0.4, 0.5) is 0 Å². The van der Waals surface area contributed by atoms with Crippen LogP contribution >= 0.6 is 0 Å². The van der Waals surface area contributed by atoms with Gasteiger partial charge in [-0.3, -0.25) is 19.3 Å². The highest BCUT2D eigenvalue weighted by atomic mass is 16.5. The van der Waals surface area contributed by atoms with Crippen LogP contribution in [0.5, 0.6) is 5.75 Å². The predicted octanol–water partition coefficient (Wildman–Crippen LogP) is 1.51. The van der Waals surface area contributed by atoms with Crippen LogP contribution < -0.4 is 4.74 Å². The number of hydrogen-bond donors (Lipinski definition) is 1. The van der Waals surface area contributed by atoms with Gasteiger partial charge >= 0.3 is 5.97 Å². The summed E-state index contributed by atoms with van der Waals surface area (Å²) in [6.07, 6.45) is 3.34. The summed E-state index contributed by atoms with van der Waals surface area (Å²) < 4.78 is 7.46. The fourth-order valence-electron chi connectivity index (χ4n) is 3.35. The summed E-state index contributed by atoms with van der Waals surface area (Å²) in [7, 11) is 0. The van der Waals surface area contributed by atoms with Crippen molar-refractivity contribution in [2.45, 2.75) is 32.5 Å². The standard InChI is InChI=1S/C19H27N5O3/c1-15(2)27-17-5-3-16(4-6-17)18(19(25)26)23-10-7-22(8-11-23)9-12-24-14-20-13-21-24/h3-6,13-15,18H,7-12H2,1-2H3,(H,25,26). The van der Waals surface area contributed by atoms with Gasteiger partial charge in [0.05, 0.1) is 12.6 Å². The molecule has 1 aromatic carbocycles. The van der Waals surface area contributed by atoms with E-state index in [9.17, 15) is 9.90 Å². The normalized spacial score (nSPS) is 17.1. The van der Waals surface area contributed by atoms with Crippen molar-refractivity contribution in [1.29, 1.82) is 0 Å². The molecule has 1 aromatic heterocycles. The number of benzene rings is 1. The number of carboxylic acids is 1. The lowest BCUT2D eigenvalue weighted by Gasteiger charge is -2.37. The van der Waals surface area contributed by atoms with Gasteiger partial charge in [-0.2, -0.15) is 5.10 Å².